The van der Waals surface area contributed by atoms with Crippen LogP contribution in [-0.2, 0) is 4.79 Å². The molecule has 0 aromatic carbocycles. The molecule has 2 heterocycles. The number of nitrogens with one attached hydrogen (secondary N) is 1. The summed E-state index contributed by atoms with van der Waals surface area (Å²) in [5, 5.41) is 18.2. The van der Waals surface area contributed by atoms with Crippen molar-refractivity contribution < 1.29 is 9.53 Å². The molecule has 0 aliphatic rings. The number of nitrogens with zero attached hydrogens (tertiary/aromatic N) is 4. The Kier molecular flexibility index (Phi) is 6.99. The minimum atomic E-state index is 0.0824. The van der Waals surface area contributed by atoms with Crippen LogP contribution < -0.4 is 10.1 Å². The van der Waals surface area contributed by atoms with Gasteiger partial charge in [0, 0.05) is 18.8 Å². The quantitative estimate of drug-likeness (QED) is 0.863. The highest BCUT2D eigenvalue weighted by Gasteiger charge is 1.98. The van der Waals surface area contributed by atoms with E-state index in [0.29, 0.717) is 5.92 Å². The fraction of sp³-hybridized carbons (Fsp3) is 0.267. The molecule has 2 rings (SSSR count). The zero-order chi connectivity index (χ0) is 16.4. The number of rotatable bonds is 4. The molecule has 114 valence electrons. The van der Waals surface area contributed by atoms with Crippen molar-refractivity contribution in [1.29, 1.82) is 5.26 Å². The molecule has 0 fully saturated rings. The molecule has 0 atom stereocenters. The summed E-state index contributed by atoms with van der Waals surface area (Å²) >= 11 is 0. The van der Waals surface area contributed by atoms with E-state index < -0.39 is 0 Å². The smallest absolute Gasteiger partial charge is 0.299 e. The summed E-state index contributed by atoms with van der Waals surface area (Å²) in [7, 11) is 1.89. The van der Waals surface area contributed by atoms with Gasteiger partial charge >= 0.3 is 0 Å². The number of anilines is 1. The minimum absolute atomic E-state index is 0.0824. The maximum atomic E-state index is 9.77. The molecule has 2 aromatic rings. The van der Waals surface area contributed by atoms with Gasteiger partial charge in [-0.15, -0.1) is 10.2 Å². The fourth-order valence-electron chi connectivity index (χ4n) is 1.39. The number of ether oxygens (including phenoxy) is 1. The van der Waals surface area contributed by atoms with E-state index in [1.165, 1.54) is 12.1 Å². The third-order valence-corrected chi connectivity index (χ3v) is 2.59. The normalized spacial score (nSPS) is 9.23. The average Bonchev–Trinajstić information content (AvgIpc) is 2.56. The number of pyridine rings is 1. The summed E-state index contributed by atoms with van der Waals surface area (Å²) in [4.78, 5) is 14.1. The molecule has 1 N–H and O–H groups in total. The molecule has 0 radical (unpaired) electrons. The Morgan fingerprint density at radius 3 is 2.45 bits per heavy atom. The second kappa shape index (κ2) is 9.02. The zero-order valence-corrected chi connectivity index (χ0v) is 12.6. The average molecular weight is 299 g/mol. The van der Waals surface area contributed by atoms with Crippen molar-refractivity contribution in [3.63, 3.8) is 0 Å². The van der Waals surface area contributed by atoms with Crippen LogP contribution in [0.15, 0.2) is 30.5 Å². The third-order valence-electron chi connectivity index (χ3n) is 2.59. The highest BCUT2D eigenvalue weighted by atomic mass is 16.5. The molecule has 7 heteroatoms. The topological polar surface area (TPSA) is 101 Å². The van der Waals surface area contributed by atoms with Crippen molar-refractivity contribution in [2.45, 2.75) is 19.8 Å². The van der Waals surface area contributed by atoms with Crippen LogP contribution >= 0.6 is 0 Å². The first-order valence-corrected chi connectivity index (χ1v) is 6.58. The van der Waals surface area contributed by atoms with E-state index in [4.69, 9.17) is 5.26 Å². The Bertz CT molecular complexity index is 618. The number of carbonyl (C=O) groups is 1. The van der Waals surface area contributed by atoms with Crippen LogP contribution in [0.4, 0.5) is 5.69 Å². The predicted molar refractivity (Wildman–Crippen MR) is 81.3 cm³/mol. The van der Waals surface area contributed by atoms with Crippen LogP contribution in [0.2, 0.25) is 0 Å². The van der Waals surface area contributed by atoms with Gasteiger partial charge in [-0.3, -0.25) is 9.78 Å². The molecule has 0 saturated heterocycles. The van der Waals surface area contributed by atoms with Gasteiger partial charge in [0.15, 0.2) is 5.69 Å². The van der Waals surface area contributed by atoms with Crippen molar-refractivity contribution in [3.05, 3.63) is 41.9 Å². The van der Waals surface area contributed by atoms with Gasteiger partial charge in [-0.05, 0) is 24.1 Å². The first-order valence-electron chi connectivity index (χ1n) is 6.58. The summed E-state index contributed by atoms with van der Waals surface area (Å²) in [5.41, 5.74) is 2.39. The lowest BCUT2D eigenvalue weighted by Gasteiger charge is -2.04. The SMILES string of the molecule is CNc1ccc(C(C)C)nc1.N#Cc1ccc(OC=O)nn1. The highest BCUT2D eigenvalue weighted by molar-refractivity contribution is 5.42. The standard InChI is InChI=1S/C9H14N2.C6H3N3O2/c1-7(2)9-5-4-8(10-3)6-11-9;7-3-5-1-2-6(9-8-5)11-4-10/h4-7,10H,1-3H3;1-2,4H. The summed E-state index contributed by atoms with van der Waals surface area (Å²) in [6, 6.07) is 8.67. The maximum absolute atomic E-state index is 9.77. The molecule has 0 aliphatic carbocycles. The lowest BCUT2D eigenvalue weighted by atomic mass is 10.1. The summed E-state index contributed by atoms with van der Waals surface area (Å²) in [6.45, 7) is 4.53. The van der Waals surface area contributed by atoms with Crippen LogP contribution in [-0.4, -0.2) is 28.7 Å². The molecule has 22 heavy (non-hydrogen) atoms. The lowest BCUT2D eigenvalue weighted by molar-refractivity contribution is -0.121. The van der Waals surface area contributed by atoms with E-state index in [-0.39, 0.29) is 18.0 Å². The monoisotopic (exact) mass is 299 g/mol. The van der Waals surface area contributed by atoms with Crippen molar-refractivity contribution in [1.82, 2.24) is 15.2 Å². The van der Waals surface area contributed by atoms with Gasteiger partial charge in [0.05, 0.1) is 11.9 Å². The number of nitriles is 1. The Morgan fingerprint density at radius 2 is 2.05 bits per heavy atom. The molecule has 7 nitrogen and oxygen atoms in total. The third kappa shape index (κ3) is 5.54. The van der Waals surface area contributed by atoms with Gasteiger partial charge < -0.3 is 10.1 Å². The molecular formula is C15H17N5O2. The zero-order valence-electron chi connectivity index (χ0n) is 12.6. The first kappa shape index (κ1) is 17.0. The van der Waals surface area contributed by atoms with Gasteiger partial charge in [0.2, 0.25) is 5.88 Å². The molecule has 0 unspecified atom stereocenters. The van der Waals surface area contributed by atoms with Crippen molar-refractivity contribution in [2.24, 2.45) is 0 Å². The summed E-state index contributed by atoms with van der Waals surface area (Å²) in [6.07, 6.45) is 1.86. The lowest BCUT2D eigenvalue weighted by Crippen LogP contribution is -1.94. The Morgan fingerprint density at radius 1 is 1.27 bits per heavy atom. The van der Waals surface area contributed by atoms with Crippen molar-refractivity contribution >= 4 is 12.2 Å². The van der Waals surface area contributed by atoms with Crippen LogP contribution in [0.5, 0.6) is 5.88 Å². The number of hydrogen-bond donors (Lipinski definition) is 1. The van der Waals surface area contributed by atoms with E-state index in [2.05, 4.69) is 45.1 Å². The molecule has 0 bridgehead atoms. The van der Waals surface area contributed by atoms with Gasteiger partial charge in [-0.2, -0.15) is 5.26 Å². The van der Waals surface area contributed by atoms with Crippen LogP contribution in [0.1, 0.15) is 31.2 Å². The molecular weight excluding hydrogens is 282 g/mol. The highest BCUT2D eigenvalue weighted by Crippen LogP contribution is 2.12. The van der Waals surface area contributed by atoms with E-state index in [1.807, 2.05) is 19.3 Å². The second-order valence-corrected chi connectivity index (χ2v) is 4.46. The van der Waals surface area contributed by atoms with Gasteiger partial charge in [0.25, 0.3) is 6.47 Å². The summed E-state index contributed by atoms with van der Waals surface area (Å²) < 4.78 is 4.34. The Hall–Kier alpha value is -3.01. The Labute approximate surface area is 129 Å². The maximum Gasteiger partial charge on any atom is 0.299 e. The molecule has 2 aromatic heterocycles. The van der Waals surface area contributed by atoms with Gasteiger partial charge in [0.1, 0.15) is 6.07 Å². The van der Waals surface area contributed by atoms with Crippen molar-refractivity contribution in [2.75, 3.05) is 12.4 Å². The Balaban J connectivity index is 0.000000220. The van der Waals surface area contributed by atoms with Crippen molar-refractivity contribution in [3.8, 4) is 11.9 Å². The van der Waals surface area contributed by atoms with Crippen LogP contribution in [0.3, 0.4) is 0 Å². The number of hydrogen-bond acceptors (Lipinski definition) is 7. The predicted octanol–water partition coefficient (Wildman–Crippen LogP) is 2.13. The van der Waals surface area contributed by atoms with Crippen LogP contribution in [0, 0.1) is 11.3 Å². The van der Waals surface area contributed by atoms with E-state index in [9.17, 15) is 4.79 Å². The minimum Gasteiger partial charge on any atom is -0.408 e. The largest absolute Gasteiger partial charge is 0.408 e. The van der Waals surface area contributed by atoms with Gasteiger partial charge in [-0.1, -0.05) is 13.8 Å². The first-order chi connectivity index (χ1) is 10.6. The van der Waals surface area contributed by atoms with E-state index in [0.717, 1.165) is 11.4 Å². The number of carbonyl (C=O) groups excluding carboxylic acids is 1. The van der Waals surface area contributed by atoms with Gasteiger partial charge in [-0.25, -0.2) is 0 Å². The van der Waals surface area contributed by atoms with E-state index in [1.54, 1.807) is 6.07 Å². The number of aromatic nitrogens is 3. The molecule has 0 saturated carbocycles. The molecule has 0 aliphatic heterocycles. The molecule has 0 amide bonds. The van der Waals surface area contributed by atoms with Crippen LogP contribution in [0.25, 0.3) is 0 Å². The van der Waals surface area contributed by atoms with E-state index >= 15 is 0 Å². The molecule has 0 spiro atoms. The summed E-state index contributed by atoms with van der Waals surface area (Å²) in [5.74, 6) is 0.597. The fourth-order valence-corrected chi connectivity index (χ4v) is 1.39. The second-order valence-electron chi connectivity index (χ2n) is 4.46.